The fraction of sp³-hybridized carbons (Fsp3) is 0.300. The Labute approximate surface area is 111 Å². The Hall–Kier alpha value is -1.63. The number of nitrogens with zero attached hydrogens (tertiary/aromatic N) is 1. The lowest BCUT2D eigenvalue weighted by atomic mass is 10.2. The molecule has 7 nitrogen and oxygen atoms in total. The summed E-state index contributed by atoms with van der Waals surface area (Å²) >= 11 is 0. The molecular formula is C10H12N2O5S2. The van der Waals surface area contributed by atoms with Crippen LogP contribution in [0.5, 0.6) is 5.75 Å². The number of ether oxygens (including phenoxy) is 1. The molecule has 2 N–H and O–H groups in total. The zero-order chi connectivity index (χ0) is 14.7. The first-order valence-electron chi connectivity index (χ1n) is 5.01. The number of primary sulfonamides is 1. The van der Waals surface area contributed by atoms with Gasteiger partial charge >= 0.3 is 0 Å². The highest BCUT2D eigenvalue weighted by Crippen LogP contribution is 2.22. The molecule has 0 aromatic heterocycles. The average molecular weight is 304 g/mol. The van der Waals surface area contributed by atoms with Crippen LogP contribution in [0.3, 0.4) is 0 Å². The lowest BCUT2D eigenvalue weighted by Gasteiger charge is -2.07. The van der Waals surface area contributed by atoms with Gasteiger partial charge in [0.05, 0.1) is 29.1 Å². The van der Waals surface area contributed by atoms with Crippen LogP contribution in [0.1, 0.15) is 5.56 Å². The number of sulfonamides is 1. The molecule has 1 rings (SSSR count). The van der Waals surface area contributed by atoms with Crippen LogP contribution < -0.4 is 9.88 Å². The minimum absolute atomic E-state index is 0.0739. The van der Waals surface area contributed by atoms with Crippen LogP contribution in [-0.2, 0) is 19.9 Å². The lowest BCUT2D eigenvalue weighted by Crippen LogP contribution is -2.23. The van der Waals surface area contributed by atoms with E-state index >= 15 is 0 Å². The van der Waals surface area contributed by atoms with Gasteiger partial charge in [0.1, 0.15) is 11.8 Å². The van der Waals surface area contributed by atoms with Gasteiger partial charge in [0.2, 0.25) is 10.0 Å². The molecule has 0 radical (unpaired) electrons. The molecule has 0 spiro atoms. The quantitative estimate of drug-likeness (QED) is 0.790. The lowest BCUT2D eigenvalue weighted by molar-refractivity contribution is 0.413. The van der Waals surface area contributed by atoms with E-state index in [1.165, 1.54) is 25.3 Å². The largest absolute Gasteiger partial charge is 0.497 e. The molecule has 0 amide bonds. The second-order valence-electron chi connectivity index (χ2n) is 3.66. The van der Waals surface area contributed by atoms with E-state index in [0.717, 1.165) is 0 Å². The van der Waals surface area contributed by atoms with Crippen molar-refractivity contribution < 1.29 is 21.6 Å². The fourth-order valence-corrected chi connectivity index (χ4v) is 4.09. The molecule has 9 heteroatoms. The van der Waals surface area contributed by atoms with Crippen molar-refractivity contribution in [2.24, 2.45) is 5.14 Å². The highest BCUT2D eigenvalue weighted by atomic mass is 32.2. The van der Waals surface area contributed by atoms with Gasteiger partial charge in [0.25, 0.3) is 0 Å². The van der Waals surface area contributed by atoms with Crippen LogP contribution >= 0.6 is 0 Å². The van der Waals surface area contributed by atoms with Crippen molar-refractivity contribution in [1.29, 1.82) is 5.26 Å². The fourth-order valence-electron chi connectivity index (χ4n) is 1.32. The molecule has 0 heterocycles. The number of hydrogen-bond acceptors (Lipinski definition) is 6. The van der Waals surface area contributed by atoms with Crippen LogP contribution in [-0.4, -0.2) is 35.5 Å². The number of methoxy groups -OCH3 is 1. The van der Waals surface area contributed by atoms with E-state index in [1.807, 2.05) is 0 Å². The van der Waals surface area contributed by atoms with E-state index in [4.69, 9.17) is 15.1 Å². The van der Waals surface area contributed by atoms with Crippen molar-refractivity contribution in [3.63, 3.8) is 0 Å². The Morgan fingerprint density at radius 2 is 1.89 bits per heavy atom. The summed E-state index contributed by atoms with van der Waals surface area (Å²) in [5.41, 5.74) is -0.0739. The van der Waals surface area contributed by atoms with Crippen LogP contribution in [0.2, 0.25) is 0 Å². The summed E-state index contributed by atoms with van der Waals surface area (Å²) in [4.78, 5) is -0.266. The van der Waals surface area contributed by atoms with Gasteiger partial charge in [-0.25, -0.2) is 22.0 Å². The Morgan fingerprint density at radius 3 is 2.37 bits per heavy atom. The van der Waals surface area contributed by atoms with E-state index in [9.17, 15) is 16.8 Å². The maximum Gasteiger partial charge on any atom is 0.210 e. The Kier molecular flexibility index (Phi) is 4.52. The molecule has 0 atom stereocenters. The van der Waals surface area contributed by atoms with Crippen molar-refractivity contribution in [1.82, 2.24) is 0 Å². The number of nitriles is 1. The SMILES string of the molecule is COc1ccc(C#N)c(S(=O)(=O)CCS(N)(=O)=O)c1. The van der Waals surface area contributed by atoms with E-state index in [-0.39, 0.29) is 16.2 Å². The second kappa shape index (κ2) is 5.56. The summed E-state index contributed by atoms with van der Waals surface area (Å²) in [6.07, 6.45) is 0. The Bertz CT molecular complexity index is 717. The molecule has 0 saturated heterocycles. The van der Waals surface area contributed by atoms with Gasteiger partial charge in [-0.05, 0) is 12.1 Å². The van der Waals surface area contributed by atoms with Gasteiger partial charge in [0.15, 0.2) is 9.84 Å². The third kappa shape index (κ3) is 4.20. The summed E-state index contributed by atoms with van der Waals surface area (Å²) in [5, 5.41) is 13.6. The first kappa shape index (κ1) is 15.4. The number of nitrogens with two attached hydrogens (primary N) is 1. The number of hydrogen-bond donors (Lipinski definition) is 1. The third-order valence-electron chi connectivity index (χ3n) is 2.28. The number of benzene rings is 1. The predicted octanol–water partition coefficient (Wildman–Crippen LogP) is -0.371. The van der Waals surface area contributed by atoms with E-state index in [0.29, 0.717) is 0 Å². The monoisotopic (exact) mass is 304 g/mol. The van der Waals surface area contributed by atoms with Crippen LogP contribution in [0.15, 0.2) is 23.1 Å². The van der Waals surface area contributed by atoms with Gasteiger partial charge in [-0.1, -0.05) is 0 Å². The summed E-state index contributed by atoms with van der Waals surface area (Å²) < 4.78 is 50.5. The number of rotatable bonds is 5. The molecule has 0 aliphatic heterocycles. The molecule has 19 heavy (non-hydrogen) atoms. The van der Waals surface area contributed by atoms with Crippen molar-refractivity contribution in [2.75, 3.05) is 18.6 Å². The predicted molar refractivity (Wildman–Crippen MR) is 67.7 cm³/mol. The van der Waals surface area contributed by atoms with Crippen molar-refractivity contribution in [3.05, 3.63) is 23.8 Å². The normalized spacial score (nSPS) is 11.8. The van der Waals surface area contributed by atoms with Gasteiger partial charge in [-0.2, -0.15) is 5.26 Å². The van der Waals surface area contributed by atoms with Gasteiger partial charge < -0.3 is 4.74 Å². The summed E-state index contributed by atoms with van der Waals surface area (Å²) in [5.74, 6) is -1.14. The topological polar surface area (TPSA) is 127 Å². The van der Waals surface area contributed by atoms with Crippen LogP contribution in [0, 0.1) is 11.3 Å². The summed E-state index contributed by atoms with van der Waals surface area (Å²) in [6, 6.07) is 5.65. The maximum atomic E-state index is 12.0. The maximum absolute atomic E-state index is 12.0. The smallest absolute Gasteiger partial charge is 0.210 e. The van der Waals surface area contributed by atoms with E-state index in [2.05, 4.69) is 0 Å². The Balaban J connectivity index is 3.24. The zero-order valence-electron chi connectivity index (χ0n) is 10.0. The zero-order valence-corrected chi connectivity index (χ0v) is 11.7. The number of sulfone groups is 1. The van der Waals surface area contributed by atoms with Crippen molar-refractivity contribution in [3.8, 4) is 11.8 Å². The van der Waals surface area contributed by atoms with Gasteiger partial charge in [-0.3, -0.25) is 0 Å². The molecule has 104 valence electrons. The minimum atomic E-state index is -3.93. The molecule has 1 aromatic carbocycles. The molecule has 0 fully saturated rings. The van der Waals surface area contributed by atoms with Gasteiger partial charge in [-0.15, -0.1) is 0 Å². The van der Waals surface area contributed by atoms with Crippen LogP contribution in [0.25, 0.3) is 0 Å². The molecular weight excluding hydrogens is 292 g/mol. The molecule has 0 unspecified atom stereocenters. The highest BCUT2D eigenvalue weighted by Gasteiger charge is 2.22. The van der Waals surface area contributed by atoms with Crippen molar-refractivity contribution >= 4 is 19.9 Å². The minimum Gasteiger partial charge on any atom is -0.497 e. The Morgan fingerprint density at radius 1 is 1.26 bits per heavy atom. The molecule has 0 aliphatic rings. The molecule has 1 aromatic rings. The molecule has 0 bridgehead atoms. The van der Waals surface area contributed by atoms with E-state index in [1.54, 1.807) is 6.07 Å². The first-order valence-corrected chi connectivity index (χ1v) is 8.38. The summed E-state index contributed by atoms with van der Waals surface area (Å²) in [6.45, 7) is 0. The molecule has 0 aliphatic carbocycles. The average Bonchev–Trinajstić information content (AvgIpc) is 2.35. The van der Waals surface area contributed by atoms with Crippen LogP contribution in [0.4, 0.5) is 0 Å². The third-order valence-corrected chi connectivity index (χ3v) is 5.06. The van der Waals surface area contributed by atoms with Gasteiger partial charge in [0, 0.05) is 6.07 Å². The molecule has 0 saturated carbocycles. The standard InChI is InChI=1S/C10H12N2O5S2/c1-17-9-3-2-8(7-11)10(6-9)18(13,14)4-5-19(12,15)16/h2-3,6H,4-5H2,1H3,(H2,12,15,16). The first-order chi connectivity index (χ1) is 8.69. The van der Waals surface area contributed by atoms with Crippen molar-refractivity contribution in [2.45, 2.75) is 4.90 Å². The highest BCUT2D eigenvalue weighted by molar-refractivity contribution is 7.94. The summed E-state index contributed by atoms with van der Waals surface area (Å²) in [7, 11) is -6.48. The van der Waals surface area contributed by atoms with E-state index < -0.39 is 31.4 Å². The second-order valence-corrected chi connectivity index (χ2v) is 7.47.